The van der Waals surface area contributed by atoms with Crippen molar-refractivity contribution in [2.24, 2.45) is 0 Å². The van der Waals surface area contributed by atoms with E-state index in [4.69, 9.17) is 9.47 Å². The minimum Gasteiger partial charge on any atom is -0.493 e. The Labute approximate surface area is 155 Å². The van der Waals surface area contributed by atoms with Gasteiger partial charge in [0.05, 0.1) is 19.8 Å². The molecule has 3 rings (SSSR count). The van der Waals surface area contributed by atoms with Crippen LogP contribution in [0.3, 0.4) is 0 Å². The van der Waals surface area contributed by atoms with Gasteiger partial charge in [0.2, 0.25) is 0 Å². The standard InChI is InChI=1S/C21H28N2O3/c1-21(2,3)23-12-10-16(14-23)20(24)22-11-9-15(13-22)17-7-6-8-18(25-4)19(17)26-5/h6-8,10,12,14-15H,9,11,13H2,1-5H3/t15-/m1/s1. The van der Waals surface area contributed by atoms with Crippen LogP contribution in [0.5, 0.6) is 11.5 Å². The summed E-state index contributed by atoms with van der Waals surface area (Å²) in [4.78, 5) is 14.8. The summed E-state index contributed by atoms with van der Waals surface area (Å²) in [5, 5.41) is 0. The zero-order chi connectivity index (χ0) is 18.9. The lowest BCUT2D eigenvalue weighted by Gasteiger charge is -2.21. The monoisotopic (exact) mass is 356 g/mol. The Balaban J connectivity index is 1.77. The van der Waals surface area contributed by atoms with E-state index in [1.54, 1.807) is 14.2 Å². The van der Waals surface area contributed by atoms with Gasteiger partial charge in [-0.15, -0.1) is 0 Å². The van der Waals surface area contributed by atoms with Gasteiger partial charge in [0.15, 0.2) is 11.5 Å². The van der Waals surface area contributed by atoms with Crippen molar-refractivity contribution in [3.63, 3.8) is 0 Å². The molecule has 0 unspecified atom stereocenters. The van der Waals surface area contributed by atoms with Crippen molar-refractivity contribution in [1.82, 2.24) is 9.47 Å². The highest BCUT2D eigenvalue weighted by Gasteiger charge is 2.31. The molecule has 2 aromatic rings. The Morgan fingerprint density at radius 3 is 2.54 bits per heavy atom. The SMILES string of the molecule is COc1cccc([C@@H]2CCN(C(=O)c3ccn(C(C)(C)C)c3)C2)c1OC. The van der Waals surface area contributed by atoms with E-state index in [-0.39, 0.29) is 17.4 Å². The van der Waals surface area contributed by atoms with Crippen LogP contribution < -0.4 is 9.47 Å². The number of benzene rings is 1. The van der Waals surface area contributed by atoms with E-state index in [9.17, 15) is 4.79 Å². The minimum atomic E-state index is -0.0277. The second-order valence-electron chi connectivity index (χ2n) is 7.80. The van der Waals surface area contributed by atoms with Gasteiger partial charge in [0, 0.05) is 42.5 Å². The number of hydrogen-bond acceptors (Lipinski definition) is 3. The molecule has 1 amide bonds. The molecule has 140 valence electrons. The number of para-hydroxylation sites is 1. The number of ether oxygens (including phenoxy) is 2. The first-order chi connectivity index (χ1) is 12.3. The molecule has 1 aromatic heterocycles. The molecule has 5 nitrogen and oxygen atoms in total. The number of nitrogens with zero attached hydrogens (tertiary/aromatic N) is 2. The van der Waals surface area contributed by atoms with E-state index in [0.29, 0.717) is 6.54 Å². The molecule has 5 heteroatoms. The van der Waals surface area contributed by atoms with Crippen molar-refractivity contribution in [3.05, 3.63) is 47.8 Å². The van der Waals surface area contributed by atoms with Crippen molar-refractivity contribution in [2.75, 3.05) is 27.3 Å². The van der Waals surface area contributed by atoms with Gasteiger partial charge in [0.1, 0.15) is 0 Å². The van der Waals surface area contributed by atoms with Crippen molar-refractivity contribution in [3.8, 4) is 11.5 Å². The Morgan fingerprint density at radius 2 is 1.92 bits per heavy atom. The number of aromatic nitrogens is 1. The first-order valence-electron chi connectivity index (χ1n) is 9.03. The first kappa shape index (κ1) is 18.4. The lowest BCUT2D eigenvalue weighted by atomic mass is 9.97. The topological polar surface area (TPSA) is 43.7 Å². The predicted molar refractivity (Wildman–Crippen MR) is 102 cm³/mol. The Hall–Kier alpha value is -2.43. The van der Waals surface area contributed by atoms with E-state index in [1.165, 1.54) is 0 Å². The van der Waals surface area contributed by atoms with Crippen molar-refractivity contribution >= 4 is 5.91 Å². The number of hydrogen-bond donors (Lipinski definition) is 0. The molecule has 2 heterocycles. The molecule has 1 saturated heterocycles. The van der Waals surface area contributed by atoms with Crippen LogP contribution in [0.15, 0.2) is 36.7 Å². The van der Waals surface area contributed by atoms with E-state index in [0.717, 1.165) is 35.6 Å². The van der Waals surface area contributed by atoms with Crippen molar-refractivity contribution in [1.29, 1.82) is 0 Å². The zero-order valence-corrected chi connectivity index (χ0v) is 16.3. The van der Waals surface area contributed by atoms with Gasteiger partial charge in [-0.2, -0.15) is 0 Å². The summed E-state index contributed by atoms with van der Waals surface area (Å²) in [5.41, 5.74) is 1.83. The number of methoxy groups -OCH3 is 2. The zero-order valence-electron chi connectivity index (χ0n) is 16.3. The molecule has 1 atom stereocenters. The van der Waals surface area contributed by atoms with Crippen LogP contribution in [0.2, 0.25) is 0 Å². The lowest BCUT2D eigenvalue weighted by molar-refractivity contribution is 0.0790. The maximum absolute atomic E-state index is 12.9. The fourth-order valence-corrected chi connectivity index (χ4v) is 3.55. The Bertz CT molecular complexity index is 789. The Morgan fingerprint density at radius 1 is 1.15 bits per heavy atom. The van der Waals surface area contributed by atoms with Gasteiger partial charge < -0.3 is 18.9 Å². The molecular formula is C21H28N2O3. The van der Waals surface area contributed by atoms with Gasteiger partial charge in [-0.1, -0.05) is 12.1 Å². The maximum atomic E-state index is 12.9. The van der Waals surface area contributed by atoms with Gasteiger partial charge in [0.25, 0.3) is 5.91 Å². The summed E-state index contributed by atoms with van der Waals surface area (Å²) in [7, 11) is 3.31. The molecule has 1 aromatic carbocycles. The third-order valence-corrected chi connectivity index (χ3v) is 5.06. The van der Waals surface area contributed by atoms with Crippen LogP contribution in [0.4, 0.5) is 0 Å². The number of rotatable bonds is 4. The minimum absolute atomic E-state index is 0.0277. The van der Waals surface area contributed by atoms with Crippen LogP contribution >= 0.6 is 0 Å². The summed E-state index contributed by atoms with van der Waals surface area (Å²) < 4.78 is 13.1. The molecule has 1 aliphatic rings. The Kier molecular flexibility index (Phi) is 4.99. The highest BCUT2D eigenvalue weighted by atomic mass is 16.5. The molecule has 26 heavy (non-hydrogen) atoms. The fraction of sp³-hybridized carbons (Fsp3) is 0.476. The van der Waals surface area contributed by atoms with Gasteiger partial charge >= 0.3 is 0 Å². The molecule has 0 spiro atoms. The number of amides is 1. The molecule has 0 N–H and O–H groups in total. The lowest BCUT2D eigenvalue weighted by Crippen LogP contribution is -2.28. The van der Waals surface area contributed by atoms with Gasteiger partial charge in [-0.05, 0) is 39.3 Å². The van der Waals surface area contributed by atoms with Crippen LogP contribution in [-0.4, -0.2) is 42.7 Å². The summed E-state index contributed by atoms with van der Waals surface area (Å²) in [5.74, 6) is 1.86. The summed E-state index contributed by atoms with van der Waals surface area (Å²) in [6.07, 6.45) is 4.85. The van der Waals surface area contributed by atoms with Crippen molar-refractivity contribution in [2.45, 2.75) is 38.6 Å². The molecule has 0 radical (unpaired) electrons. The number of carbonyl (C=O) groups is 1. The van der Waals surface area contributed by atoms with Gasteiger partial charge in [-0.3, -0.25) is 4.79 Å². The number of likely N-dealkylation sites (tertiary alicyclic amines) is 1. The van der Waals surface area contributed by atoms with E-state index >= 15 is 0 Å². The third kappa shape index (κ3) is 3.43. The average Bonchev–Trinajstić information content (AvgIpc) is 3.29. The summed E-state index contributed by atoms with van der Waals surface area (Å²) >= 11 is 0. The van der Waals surface area contributed by atoms with E-state index < -0.39 is 0 Å². The average molecular weight is 356 g/mol. The predicted octanol–water partition coefficient (Wildman–Crippen LogP) is 3.89. The molecule has 0 bridgehead atoms. The summed E-state index contributed by atoms with van der Waals surface area (Å²) in [6.45, 7) is 7.83. The molecular weight excluding hydrogens is 328 g/mol. The van der Waals surface area contributed by atoms with Crippen LogP contribution in [-0.2, 0) is 5.54 Å². The molecule has 0 saturated carbocycles. The normalized spacial score (nSPS) is 17.4. The third-order valence-electron chi connectivity index (χ3n) is 5.06. The van der Waals surface area contributed by atoms with Crippen LogP contribution in [0.25, 0.3) is 0 Å². The second-order valence-corrected chi connectivity index (χ2v) is 7.80. The fourth-order valence-electron chi connectivity index (χ4n) is 3.55. The van der Waals surface area contributed by atoms with Crippen molar-refractivity contribution < 1.29 is 14.3 Å². The number of carbonyl (C=O) groups excluding carboxylic acids is 1. The molecule has 0 aliphatic carbocycles. The largest absolute Gasteiger partial charge is 0.493 e. The van der Waals surface area contributed by atoms with E-state index in [1.807, 2.05) is 35.5 Å². The first-order valence-corrected chi connectivity index (χ1v) is 9.03. The van der Waals surface area contributed by atoms with Crippen LogP contribution in [0.1, 0.15) is 49.0 Å². The second kappa shape index (κ2) is 7.06. The molecule has 1 aliphatic heterocycles. The van der Waals surface area contributed by atoms with E-state index in [2.05, 4.69) is 31.4 Å². The maximum Gasteiger partial charge on any atom is 0.255 e. The molecule has 1 fully saturated rings. The summed E-state index contributed by atoms with van der Waals surface area (Å²) in [6, 6.07) is 7.85. The quantitative estimate of drug-likeness (QED) is 0.835. The van der Waals surface area contributed by atoms with Crippen LogP contribution in [0, 0.1) is 0 Å². The highest BCUT2D eigenvalue weighted by molar-refractivity contribution is 5.94. The van der Waals surface area contributed by atoms with Gasteiger partial charge in [-0.25, -0.2) is 0 Å². The smallest absolute Gasteiger partial charge is 0.255 e. The highest BCUT2D eigenvalue weighted by Crippen LogP contribution is 2.39.